The highest BCUT2D eigenvalue weighted by Gasteiger charge is 2.12. The molecule has 1 aromatic heterocycles. The Bertz CT molecular complexity index is 958. The number of aryl methyl sites for hydroxylation is 1. The third kappa shape index (κ3) is 5.17. The molecule has 7 nitrogen and oxygen atoms in total. The first-order valence-electron chi connectivity index (χ1n) is 8.45. The van der Waals surface area contributed by atoms with E-state index in [1.807, 2.05) is 19.1 Å². The topological polar surface area (TPSA) is 97.1 Å². The summed E-state index contributed by atoms with van der Waals surface area (Å²) in [5.74, 6) is -0.993. The number of nitrogens with zero attached hydrogens (tertiary/aromatic N) is 2. The van der Waals surface area contributed by atoms with Crippen molar-refractivity contribution >= 4 is 23.6 Å². The Morgan fingerprint density at radius 3 is 2.43 bits per heavy atom. The van der Waals surface area contributed by atoms with Gasteiger partial charge < -0.3 is 4.42 Å². The Hall–Kier alpha value is -3.20. The second-order valence-corrected chi connectivity index (χ2v) is 6.65. The Morgan fingerprint density at radius 2 is 1.75 bits per heavy atom. The van der Waals surface area contributed by atoms with Gasteiger partial charge in [-0.25, -0.2) is 4.39 Å². The maximum Gasteiger partial charge on any atom is 0.277 e. The molecule has 0 radical (unpaired) electrons. The lowest BCUT2D eigenvalue weighted by Crippen LogP contribution is -2.42. The highest BCUT2D eigenvalue weighted by atomic mass is 32.2. The highest BCUT2D eigenvalue weighted by Crippen LogP contribution is 2.23. The molecule has 0 aliphatic rings. The third-order valence-electron chi connectivity index (χ3n) is 3.76. The van der Waals surface area contributed by atoms with Crippen molar-refractivity contribution in [3.8, 4) is 11.5 Å². The van der Waals surface area contributed by atoms with E-state index < -0.39 is 11.8 Å². The molecule has 3 rings (SSSR count). The van der Waals surface area contributed by atoms with Crippen LogP contribution in [0.4, 0.5) is 4.39 Å². The van der Waals surface area contributed by atoms with Gasteiger partial charge in [0.1, 0.15) is 5.82 Å². The van der Waals surface area contributed by atoms with E-state index >= 15 is 0 Å². The van der Waals surface area contributed by atoms with Crippen LogP contribution in [0.3, 0.4) is 0 Å². The van der Waals surface area contributed by atoms with Gasteiger partial charge in [-0.2, -0.15) is 0 Å². The Morgan fingerprint density at radius 1 is 1.04 bits per heavy atom. The van der Waals surface area contributed by atoms with Crippen molar-refractivity contribution in [2.45, 2.75) is 18.6 Å². The molecule has 2 N–H and O–H groups in total. The lowest BCUT2D eigenvalue weighted by molar-refractivity contribution is -0.119. The van der Waals surface area contributed by atoms with Gasteiger partial charge in [0, 0.05) is 11.1 Å². The van der Waals surface area contributed by atoms with Crippen molar-refractivity contribution in [1.82, 2.24) is 21.0 Å². The SMILES string of the molecule is CCc1ccc(C(=O)NNC(=O)CSc2nnc(-c3ccc(F)cc3)o2)cc1. The largest absolute Gasteiger partial charge is 0.411 e. The zero-order valence-electron chi connectivity index (χ0n) is 14.9. The first-order valence-corrected chi connectivity index (χ1v) is 9.44. The van der Waals surface area contributed by atoms with E-state index in [1.54, 1.807) is 12.1 Å². The first-order chi connectivity index (χ1) is 13.5. The average Bonchev–Trinajstić information content (AvgIpc) is 3.20. The second-order valence-electron chi connectivity index (χ2n) is 5.72. The fraction of sp³-hybridized carbons (Fsp3) is 0.158. The van der Waals surface area contributed by atoms with Crippen molar-refractivity contribution in [2.24, 2.45) is 0 Å². The monoisotopic (exact) mass is 400 g/mol. The van der Waals surface area contributed by atoms with Gasteiger partial charge in [0.2, 0.25) is 11.8 Å². The minimum absolute atomic E-state index is 0.0277. The van der Waals surface area contributed by atoms with E-state index in [2.05, 4.69) is 21.0 Å². The number of nitrogens with one attached hydrogen (secondary N) is 2. The van der Waals surface area contributed by atoms with Crippen LogP contribution in [0.25, 0.3) is 11.5 Å². The summed E-state index contributed by atoms with van der Waals surface area (Å²) >= 11 is 1.02. The number of carbonyl (C=O) groups is 2. The molecule has 0 aliphatic carbocycles. The molecule has 0 aliphatic heterocycles. The highest BCUT2D eigenvalue weighted by molar-refractivity contribution is 7.99. The van der Waals surface area contributed by atoms with Gasteiger partial charge in [-0.3, -0.25) is 20.4 Å². The van der Waals surface area contributed by atoms with Crippen molar-refractivity contribution < 1.29 is 18.4 Å². The van der Waals surface area contributed by atoms with Gasteiger partial charge in [-0.05, 0) is 48.4 Å². The average molecular weight is 400 g/mol. The number of amides is 2. The molecule has 0 atom stereocenters. The second kappa shape index (κ2) is 9.14. The predicted molar refractivity (Wildman–Crippen MR) is 102 cm³/mol. The standard InChI is InChI=1S/C19H17FN4O3S/c1-2-12-3-5-13(6-4-12)17(26)22-21-16(25)11-28-19-24-23-18(27-19)14-7-9-15(20)10-8-14/h3-10H,2,11H2,1H3,(H,21,25)(H,22,26). The van der Waals surface area contributed by atoms with Gasteiger partial charge in [0.15, 0.2) is 0 Å². The first kappa shape index (κ1) is 19.6. The number of carbonyl (C=O) groups excluding carboxylic acids is 2. The van der Waals surface area contributed by atoms with Crippen LogP contribution < -0.4 is 10.9 Å². The number of halogens is 1. The molecule has 28 heavy (non-hydrogen) atoms. The smallest absolute Gasteiger partial charge is 0.277 e. The molecule has 0 saturated carbocycles. The number of hydrogen-bond donors (Lipinski definition) is 2. The zero-order chi connectivity index (χ0) is 19.9. The lowest BCUT2D eigenvalue weighted by atomic mass is 10.1. The molecule has 2 aromatic carbocycles. The van der Waals surface area contributed by atoms with Crippen molar-refractivity contribution in [3.05, 3.63) is 65.5 Å². The van der Waals surface area contributed by atoms with Crippen LogP contribution in [0.15, 0.2) is 58.2 Å². The van der Waals surface area contributed by atoms with Crippen molar-refractivity contribution in [1.29, 1.82) is 0 Å². The summed E-state index contributed by atoms with van der Waals surface area (Å²) < 4.78 is 18.4. The number of hydrazine groups is 1. The van der Waals surface area contributed by atoms with Gasteiger partial charge in [-0.1, -0.05) is 30.8 Å². The van der Waals surface area contributed by atoms with Gasteiger partial charge in [0.05, 0.1) is 5.75 Å². The van der Waals surface area contributed by atoms with Crippen LogP contribution >= 0.6 is 11.8 Å². The molecule has 0 unspecified atom stereocenters. The van der Waals surface area contributed by atoms with Crippen LogP contribution in [-0.4, -0.2) is 27.8 Å². The molecular formula is C19H17FN4O3S. The van der Waals surface area contributed by atoms with E-state index in [1.165, 1.54) is 24.3 Å². The third-order valence-corrected chi connectivity index (χ3v) is 4.58. The molecule has 9 heteroatoms. The predicted octanol–water partition coefficient (Wildman–Crippen LogP) is 2.99. The van der Waals surface area contributed by atoms with Crippen LogP contribution in [0, 0.1) is 5.82 Å². The van der Waals surface area contributed by atoms with Crippen molar-refractivity contribution in [3.63, 3.8) is 0 Å². The summed E-state index contributed by atoms with van der Waals surface area (Å²) in [4.78, 5) is 23.9. The van der Waals surface area contributed by atoms with Crippen molar-refractivity contribution in [2.75, 3.05) is 5.75 Å². The Kier molecular flexibility index (Phi) is 6.38. The van der Waals surface area contributed by atoms with E-state index in [9.17, 15) is 14.0 Å². The molecule has 3 aromatic rings. The van der Waals surface area contributed by atoms with E-state index in [-0.39, 0.29) is 22.7 Å². The summed E-state index contributed by atoms with van der Waals surface area (Å²) in [6.45, 7) is 2.03. The Labute approximate surface area is 164 Å². The van der Waals surface area contributed by atoms with Gasteiger partial charge in [-0.15, -0.1) is 10.2 Å². The maximum atomic E-state index is 12.9. The molecule has 0 spiro atoms. The molecule has 0 saturated heterocycles. The van der Waals surface area contributed by atoms with Crippen LogP contribution in [-0.2, 0) is 11.2 Å². The van der Waals surface area contributed by atoms with Crippen LogP contribution in [0.2, 0.25) is 0 Å². The van der Waals surface area contributed by atoms with Gasteiger partial charge >= 0.3 is 0 Å². The van der Waals surface area contributed by atoms with Crippen LogP contribution in [0.5, 0.6) is 0 Å². The van der Waals surface area contributed by atoms with E-state index in [0.717, 1.165) is 23.7 Å². The minimum Gasteiger partial charge on any atom is -0.411 e. The van der Waals surface area contributed by atoms with Crippen LogP contribution in [0.1, 0.15) is 22.8 Å². The molecule has 1 heterocycles. The molecule has 0 fully saturated rings. The zero-order valence-corrected chi connectivity index (χ0v) is 15.8. The summed E-state index contributed by atoms with van der Waals surface area (Å²) in [5, 5.41) is 7.88. The summed E-state index contributed by atoms with van der Waals surface area (Å²) in [6.07, 6.45) is 0.883. The molecule has 2 amide bonds. The maximum absolute atomic E-state index is 12.9. The molecule has 144 valence electrons. The van der Waals surface area contributed by atoms with E-state index in [4.69, 9.17) is 4.42 Å². The summed E-state index contributed by atoms with van der Waals surface area (Å²) in [5.41, 5.74) is 6.84. The molecular weight excluding hydrogens is 383 g/mol. The fourth-order valence-corrected chi connectivity index (χ4v) is 2.79. The number of hydrogen-bond acceptors (Lipinski definition) is 6. The normalized spacial score (nSPS) is 10.5. The molecule has 0 bridgehead atoms. The van der Waals surface area contributed by atoms with Gasteiger partial charge in [0.25, 0.3) is 11.1 Å². The minimum atomic E-state index is -0.426. The quantitative estimate of drug-likeness (QED) is 0.488. The summed E-state index contributed by atoms with van der Waals surface area (Å²) in [7, 11) is 0. The number of rotatable bonds is 6. The number of aromatic nitrogens is 2. The summed E-state index contributed by atoms with van der Waals surface area (Å²) in [6, 6.07) is 12.7. The lowest BCUT2D eigenvalue weighted by Gasteiger charge is -2.07. The number of thioether (sulfide) groups is 1. The Balaban J connectivity index is 1.46. The number of benzene rings is 2. The fourth-order valence-electron chi connectivity index (χ4n) is 2.23. The van der Waals surface area contributed by atoms with E-state index in [0.29, 0.717) is 11.1 Å².